The molecular formula is C10H17N2O3PS. The van der Waals surface area contributed by atoms with E-state index >= 15 is 0 Å². The molecule has 1 heterocycles. The Morgan fingerprint density at radius 3 is 2.65 bits per heavy atom. The van der Waals surface area contributed by atoms with Gasteiger partial charge in [0.25, 0.3) is 0 Å². The summed E-state index contributed by atoms with van der Waals surface area (Å²) in [5.41, 5.74) is 0.769. The average molecular weight is 276 g/mol. The van der Waals surface area contributed by atoms with E-state index in [4.69, 9.17) is 20.9 Å². The topological polar surface area (TPSA) is 64.5 Å². The molecule has 0 aliphatic carbocycles. The van der Waals surface area contributed by atoms with Crippen LogP contribution in [0, 0.1) is 6.92 Å². The van der Waals surface area contributed by atoms with Gasteiger partial charge in [-0.2, -0.15) is 4.98 Å². The molecule has 0 bridgehead atoms. The van der Waals surface area contributed by atoms with Crippen molar-refractivity contribution in [3.05, 3.63) is 17.6 Å². The first kappa shape index (κ1) is 14.5. The van der Waals surface area contributed by atoms with Crippen molar-refractivity contribution in [2.75, 3.05) is 6.61 Å². The van der Waals surface area contributed by atoms with Gasteiger partial charge in [-0.1, -0.05) is 13.8 Å². The Morgan fingerprint density at radius 2 is 2.12 bits per heavy atom. The smallest absolute Gasteiger partial charge is 0.379 e. The third kappa shape index (κ3) is 4.68. The summed E-state index contributed by atoms with van der Waals surface area (Å²) in [5.74, 6) is 1.10. The summed E-state index contributed by atoms with van der Waals surface area (Å²) < 4.78 is 10.2. The fourth-order valence-corrected chi connectivity index (χ4v) is 2.43. The summed E-state index contributed by atoms with van der Waals surface area (Å²) in [6.07, 6.45) is 0. The Hall–Kier alpha value is -0.550. The Bertz CT molecular complexity index is 440. The maximum atomic E-state index is 9.71. The van der Waals surface area contributed by atoms with Crippen LogP contribution in [-0.2, 0) is 16.3 Å². The maximum absolute atomic E-state index is 9.71. The molecule has 0 amide bonds. The molecular weight excluding hydrogens is 259 g/mol. The van der Waals surface area contributed by atoms with Gasteiger partial charge >= 0.3 is 6.72 Å². The van der Waals surface area contributed by atoms with E-state index in [0.29, 0.717) is 12.4 Å². The molecule has 1 aromatic rings. The lowest BCUT2D eigenvalue weighted by Crippen LogP contribution is -2.03. The summed E-state index contributed by atoms with van der Waals surface area (Å²) in [7, 11) is 0. The average Bonchev–Trinajstić information content (AvgIpc) is 2.15. The van der Waals surface area contributed by atoms with E-state index in [-0.39, 0.29) is 11.8 Å². The minimum atomic E-state index is -3.24. The maximum Gasteiger partial charge on any atom is 0.379 e. The SMILES string of the molecule is CCOP(O)(=S)Oc1cc(C)nc(C(C)C)n1. The molecule has 0 aromatic carbocycles. The molecule has 0 radical (unpaired) electrons. The van der Waals surface area contributed by atoms with Crippen molar-refractivity contribution in [2.24, 2.45) is 0 Å². The van der Waals surface area contributed by atoms with Crippen LogP contribution in [0.25, 0.3) is 0 Å². The molecule has 17 heavy (non-hydrogen) atoms. The molecule has 0 aliphatic heterocycles. The summed E-state index contributed by atoms with van der Waals surface area (Å²) >= 11 is 4.84. The fraction of sp³-hybridized carbons (Fsp3) is 0.600. The van der Waals surface area contributed by atoms with Crippen LogP contribution in [0.1, 0.15) is 38.2 Å². The van der Waals surface area contributed by atoms with Crippen molar-refractivity contribution in [1.29, 1.82) is 0 Å². The van der Waals surface area contributed by atoms with E-state index in [1.54, 1.807) is 13.0 Å². The molecule has 96 valence electrons. The van der Waals surface area contributed by atoms with Crippen molar-refractivity contribution < 1.29 is 13.9 Å². The lowest BCUT2D eigenvalue weighted by Gasteiger charge is -2.16. The highest BCUT2D eigenvalue weighted by molar-refractivity contribution is 8.07. The van der Waals surface area contributed by atoms with Crippen LogP contribution in [0.3, 0.4) is 0 Å². The van der Waals surface area contributed by atoms with Crippen LogP contribution in [0.2, 0.25) is 0 Å². The molecule has 1 atom stereocenters. The minimum Gasteiger partial charge on any atom is -0.406 e. The highest BCUT2D eigenvalue weighted by atomic mass is 32.5. The number of rotatable bonds is 5. The van der Waals surface area contributed by atoms with E-state index in [1.807, 2.05) is 20.8 Å². The van der Waals surface area contributed by atoms with Crippen LogP contribution < -0.4 is 4.52 Å². The molecule has 1 rings (SSSR count). The Morgan fingerprint density at radius 1 is 1.47 bits per heavy atom. The largest absolute Gasteiger partial charge is 0.406 e. The van der Waals surface area contributed by atoms with Crippen LogP contribution >= 0.6 is 6.72 Å². The summed E-state index contributed by atoms with van der Waals surface area (Å²) in [4.78, 5) is 18.2. The zero-order chi connectivity index (χ0) is 13.1. The zero-order valence-corrected chi connectivity index (χ0v) is 12.1. The van der Waals surface area contributed by atoms with Gasteiger partial charge in [0, 0.05) is 29.5 Å². The second-order valence-corrected chi connectivity index (χ2v) is 6.60. The number of aryl methyl sites for hydroxylation is 1. The Balaban J connectivity index is 2.95. The zero-order valence-electron chi connectivity index (χ0n) is 10.4. The van der Waals surface area contributed by atoms with E-state index in [0.717, 1.165) is 5.69 Å². The van der Waals surface area contributed by atoms with Gasteiger partial charge in [0.2, 0.25) is 5.88 Å². The Kier molecular flexibility index (Phi) is 5.01. The summed E-state index contributed by atoms with van der Waals surface area (Å²) in [6.45, 7) is 4.60. The molecule has 7 heteroatoms. The number of aromatic nitrogens is 2. The van der Waals surface area contributed by atoms with Crippen LogP contribution in [-0.4, -0.2) is 21.5 Å². The van der Waals surface area contributed by atoms with E-state index < -0.39 is 6.72 Å². The lowest BCUT2D eigenvalue weighted by molar-refractivity contribution is 0.268. The highest BCUT2D eigenvalue weighted by Crippen LogP contribution is 2.43. The standard InChI is InChI=1S/C10H17N2O3PS/c1-5-14-16(13,17)15-9-6-8(4)11-10(12-9)7(2)3/h6-7H,5H2,1-4H3,(H,13,17). The van der Waals surface area contributed by atoms with E-state index in [2.05, 4.69) is 9.97 Å². The van der Waals surface area contributed by atoms with Crippen molar-refractivity contribution in [1.82, 2.24) is 9.97 Å². The van der Waals surface area contributed by atoms with E-state index in [1.165, 1.54) is 0 Å². The van der Waals surface area contributed by atoms with Gasteiger partial charge in [-0.05, 0) is 13.8 Å². The van der Waals surface area contributed by atoms with Gasteiger partial charge in [0.1, 0.15) is 5.82 Å². The molecule has 0 fully saturated rings. The summed E-state index contributed by atoms with van der Waals surface area (Å²) in [5, 5.41) is 0. The van der Waals surface area contributed by atoms with Crippen molar-refractivity contribution in [3.8, 4) is 5.88 Å². The second-order valence-electron chi connectivity index (χ2n) is 3.84. The van der Waals surface area contributed by atoms with Gasteiger partial charge in [0.15, 0.2) is 0 Å². The van der Waals surface area contributed by atoms with Crippen molar-refractivity contribution in [2.45, 2.75) is 33.6 Å². The molecule has 5 nitrogen and oxygen atoms in total. The quantitative estimate of drug-likeness (QED) is 0.834. The third-order valence-corrected chi connectivity index (χ3v) is 3.41. The number of nitrogens with zero attached hydrogens (tertiary/aromatic N) is 2. The second kappa shape index (κ2) is 5.87. The van der Waals surface area contributed by atoms with Gasteiger partial charge in [-0.15, -0.1) is 0 Å². The van der Waals surface area contributed by atoms with Crippen LogP contribution in [0.4, 0.5) is 0 Å². The molecule has 0 saturated carbocycles. The van der Waals surface area contributed by atoms with E-state index in [9.17, 15) is 4.89 Å². The predicted octanol–water partition coefficient (Wildman–Crippen LogP) is 2.54. The summed E-state index contributed by atoms with van der Waals surface area (Å²) in [6, 6.07) is 1.63. The minimum absolute atomic E-state index is 0.181. The van der Waals surface area contributed by atoms with Gasteiger partial charge < -0.3 is 9.42 Å². The first-order valence-corrected chi connectivity index (χ1v) is 7.95. The van der Waals surface area contributed by atoms with Gasteiger partial charge in [-0.3, -0.25) is 4.52 Å². The third-order valence-electron chi connectivity index (χ3n) is 1.87. The molecule has 1 N–H and O–H groups in total. The molecule has 0 saturated heterocycles. The van der Waals surface area contributed by atoms with Crippen molar-refractivity contribution >= 4 is 18.5 Å². The predicted molar refractivity (Wildman–Crippen MR) is 69.6 cm³/mol. The monoisotopic (exact) mass is 276 g/mol. The first-order valence-electron chi connectivity index (χ1n) is 5.36. The molecule has 0 aliphatic rings. The van der Waals surface area contributed by atoms with Gasteiger partial charge in [0.05, 0.1) is 6.61 Å². The fourth-order valence-electron chi connectivity index (χ4n) is 1.17. The molecule has 1 unspecified atom stereocenters. The normalized spacial score (nSPS) is 14.7. The van der Waals surface area contributed by atoms with Gasteiger partial charge in [-0.25, -0.2) is 4.98 Å². The number of hydrogen-bond acceptors (Lipinski definition) is 5. The first-order chi connectivity index (χ1) is 7.84. The lowest BCUT2D eigenvalue weighted by atomic mass is 10.2. The van der Waals surface area contributed by atoms with Crippen LogP contribution in [0.15, 0.2) is 6.07 Å². The number of hydrogen-bond donors (Lipinski definition) is 1. The molecule has 1 aromatic heterocycles. The van der Waals surface area contributed by atoms with Crippen LogP contribution in [0.5, 0.6) is 5.88 Å². The van der Waals surface area contributed by atoms with Crippen molar-refractivity contribution in [3.63, 3.8) is 0 Å². The highest BCUT2D eigenvalue weighted by Gasteiger charge is 2.18. The Labute approximate surface area is 106 Å². The molecule has 0 spiro atoms.